The van der Waals surface area contributed by atoms with Crippen molar-refractivity contribution in [3.8, 4) is 0 Å². The zero-order valence-electron chi connectivity index (χ0n) is 40.0. The number of nitrogens with one attached hydrogen (secondary N) is 9. The van der Waals surface area contributed by atoms with Gasteiger partial charge in [-0.3, -0.25) is 43.8 Å². The number of amides is 8. The van der Waals surface area contributed by atoms with E-state index in [0.29, 0.717) is 43.5 Å². The van der Waals surface area contributed by atoms with Crippen LogP contribution in [0.25, 0.3) is 0 Å². The average molecular weight is 1020 g/mol. The second-order valence-electron chi connectivity index (χ2n) is 16.7. The number of hydrogen-bond donors (Lipinski definition) is 17. The maximum Gasteiger partial charge on any atom is 0.352 e. The highest BCUT2D eigenvalue weighted by atomic mass is 32.1. The van der Waals surface area contributed by atoms with Crippen LogP contribution >= 0.6 is 11.3 Å². The summed E-state index contributed by atoms with van der Waals surface area (Å²) < 4.78 is 0. The first-order valence-corrected chi connectivity index (χ1v) is 24.4. The van der Waals surface area contributed by atoms with Crippen LogP contribution in [0.3, 0.4) is 0 Å². The maximum absolute atomic E-state index is 14.1. The Morgan fingerprint density at radius 2 is 1.48 bits per heavy atom. The molecule has 1 aliphatic rings. The lowest BCUT2D eigenvalue weighted by molar-refractivity contribution is -0.142. The monoisotopic (exact) mass is 1020 g/mol. The second-order valence-corrected chi connectivity index (χ2v) is 17.7. The molecule has 8 amide bonds. The van der Waals surface area contributed by atoms with Crippen molar-refractivity contribution in [2.45, 2.75) is 126 Å². The zero-order chi connectivity index (χ0) is 53.0. The van der Waals surface area contributed by atoms with Gasteiger partial charge in [0.15, 0.2) is 5.96 Å². The van der Waals surface area contributed by atoms with Crippen LogP contribution in [-0.4, -0.2) is 162 Å². The van der Waals surface area contributed by atoms with Crippen LogP contribution in [0.4, 0.5) is 0 Å². The van der Waals surface area contributed by atoms with Gasteiger partial charge in [-0.25, -0.2) is 4.79 Å². The van der Waals surface area contributed by atoms with Crippen molar-refractivity contribution in [3.05, 3.63) is 34.2 Å². The predicted octanol–water partition coefficient (Wildman–Crippen LogP) is -5.43. The first-order chi connectivity index (χ1) is 33.8. The number of carboxylic acids is 1. The number of aliphatic carboxylic acids is 1. The summed E-state index contributed by atoms with van der Waals surface area (Å²) in [6.07, 6.45) is 3.06. The van der Waals surface area contributed by atoms with E-state index in [4.69, 9.17) is 39.8 Å². The van der Waals surface area contributed by atoms with Crippen molar-refractivity contribution in [1.82, 2.24) is 47.4 Å². The third kappa shape index (κ3) is 21.3. The summed E-state index contributed by atoms with van der Waals surface area (Å²) in [7, 11) is 0. The van der Waals surface area contributed by atoms with Crippen molar-refractivity contribution in [1.29, 1.82) is 5.41 Å². The fourth-order valence-corrected chi connectivity index (χ4v) is 7.97. The van der Waals surface area contributed by atoms with E-state index in [9.17, 15) is 53.4 Å². The quantitative estimate of drug-likeness (QED) is 0.0135. The van der Waals surface area contributed by atoms with Crippen LogP contribution in [0.1, 0.15) is 88.5 Å². The van der Waals surface area contributed by atoms with Gasteiger partial charge in [0, 0.05) is 24.5 Å². The Balaban J connectivity index is 2.18. The van der Waals surface area contributed by atoms with Gasteiger partial charge in [0.05, 0.1) is 18.7 Å². The first-order valence-electron chi connectivity index (χ1n) is 23.5. The van der Waals surface area contributed by atoms with E-state index in [0.717, 1.165) is 11.3 Å². The number of carbonyl (C=O) groups excluding carboxylic acids is 8. The number of guanidine groups is 1. The molecule has 2 heterocycles. The summed E-state index contributed by atoms with van der Waals surface area (Å²) in [6.45, 7) is 1.30. The lowest BCUT2D eigenvalue weighted by Crippen LogP contribution is -2.60. The predicted molar refractivity (Wildman–Crippen MR) is 262 cm³/mol. The average Bonchev–Trinajstić information content (AvgIpc) is 4.07. The van der Waals surface area contributed by atoms with E-state index in [1.54, 1.807) is 17.5 Å². The SMILES string of the molecule is C[C@H](NC(=O)[C@H](NC(=O)C(N)CCCCN)C(O)CN)C(=O)NCC(=O)N[C@H](CCCN)C(=O)N1CCC[C@H]1C(=O)NC(C(=O)N[C@@H](CCCCN)C(=O)N/C(=C\CCNC(=N)N)C(=O)O)c1cccs1. The van der Waals surface area contributed by atoms with Gasteiger partial charge in [-0.1, -0.05) is 18.6 Å². The largest absolute Gasteiger partial charge is 0.477 e. The first kappa shape index (κ1) is 60.8. The molecule has 0 radical (unpaired) electrons. The molecule has 27 nitrogen and oxygen atoms in total. The lowest BCUT2D eigenvalue weighted by Gasteiger charge is -2.30. The van der Waals surface area contributed by atoms with E-state index in [1.807, 2.05) is 0 Å². The van der Waals surface area contributed by atoms with Crippen molar-refractivity contribution in [2.24, 2.45) is 34.4 Å². The van der Waals surface area contributed by atoms with Crippen LogP contribution in [0.15, 0.2) is 29.3 Å². The molecule has 8 atom stereocenters. The molecule has 0 aliphatic carbocycles. The molecule has 0 spiro atoms. The highest BCUT2D eigenvalue weighted by Crippen LogP contribution is 2.24. The number of hydrogen-bond acceptors (Lipinski definition) is 17. The molecule has 1 aliphatic heterocycles. The minimum absolute atomic E-state index is 0.0570. The van der Waals surface area contributed by atoms with Crippen molar-refractivity contribution in [3.63, 3.8) is 0 Å². The van der Waals surface area contributed by atoms with Gasteiger partial charge >= 0.3 is 5.97 Å². The number of likely N-dealkylation sites (tertiary alicyclic amines) is 1. The minimum atomic E-state index is -1.56. The van der Waals surface area contributed by atoms with Gasteiger partial charge in [0.2, 0.25) is 47.3 Å². The molecule has 1 aromatic heterocycles. The van der Waals surface area contributed by atoms with Crippen molar-refractivity contribution in [2.75, 3.05) is 45.8 Å². The second kappa shape index (κ2) is 32.6. The molecule has 0 aromatic carbocycles. The van der Waals surface area contributed by atoms with Gasteiger partial charge in [-0.2, -0.15) is 0 Å². The van der Waals surface area contributed by atoms with Gasteiger partial charge in [0.25, 0.3) is 0 Å². The number of nitrogens with zero attached hydrogens (tertiary/aromatic N) is 1. The molecule has 2 rings (SSSR count). The van der Waals surface area contributed by atoms with Gasteiger partial charge in [-0.15, -0.1) is 11.3 Å². The summed E-state index contributed by atoms with van der Waals surface area (Å²) in [6, 6.07) is -5.52. The summed E-state index contributed by atoms with van der Waals surface area (Å²) >= 11 is 1.14. The third-order valence-electron chi connectivity index (χ3n) is 11.1. The molecule has 0 bridgehead atoms. The molecular weight excluding hydrogens is 949 g/mol. The normalized spacial score (nSPS) is 16.4. The fourth-order valence-electron chi connectivity index (χ4n) is 7.20. The van der Waals surface area contributed by atoms with E-state index >= 15 is 0 Å². The number of thiophene rings is 1. The fraction of sp³-hybridized carbons (Fsp3) is 0.628. The van der Waals surface area contributed by atoms with Crippen molar-refractivity contribution < 1.29 is 53.4 Å². The molecule has 1 fully saturated rings. The molecule has 1 saturated heterocycles. The zero-order valence-corrected chi connectivity index (χ0v) is 40.9. The minimum Gasteiger partial charge on any atom is -0.477 e. The summed E-state index contributed by atoms with van der Waals surface area (Å²) in [5, 5.41) is 49.0. The van der Waals surface area contributed by atoms with E-state index in [2.05, 4.69) is 42.5 Å². The van der Waals surface area contributed by atoms with Crippen LogP contribution < -0.4 is 76.9 Å². The Morgan fingerprint density at radius 1 is 0.817 bits per heavy atom. The topological polar surface area (TPSA) is 474 Å². The number of unbranched alkanes of at least 4 members (excludes halogenated alkanes) is 2. The molecule has 1 aromatic rings. The van der Waals surface area contributed by atoms with Gasteiger partial charge < -0.3 is 92.0 Å². The maximum atomic E-state index is 14.1. The van der Waals surface area contributed by atoms with Crippen LogP contribution in [0, 0.1) is 5.41 Å². The number of aliphatic hydroxyl groups is 1. The van der Waals surface area contributed by atoms with Crippen molar-refractivity contribution >= 4 is 70.5 Å². The summed E-state index contributed by atoms with van der Waals surface area (Å²) in [5.74, 6) is -8.04. The summed E-state index contributed by atoms with van der Waals surface area (Å²) in [5.41, 5.74) is 33.2. The van der Waals surface area contributed by atoms with E-state index in [1.165, 1.54) is 17.9 Å². The third-order valence-corrected chi connectivity index (χ3v) is 12.0. The molecule has 71 heavy (non-hydrogen) atoms. The molecule has 398 valence electrons. The van der Waals surface area contributed by atoms with Crippen LogP contribution in [-0.2, 0) is 43.2 Å². The standard InChI is InChI=1S/C43H74N16O11S/c1-24(53-39(66)33(30(60)22-47)57-36(63)25(48)10-2-4-16-44)35(62)52-23-32(61)54-27(12-6-18-46)41(68)59-20-8-14-29(59)38(65)58-34(31-15-9-21-71-31)40(67)55-26(11-3-5-17-45)37(64)56-28(42(69)70)13-7-19-51-43(49)50/h9,13,15,21,24-27,29-30,33-34,60H,2-8,10-12,14,16-20,22-23,44-48H2,1H3,(H,52,62)(H,53,66)(H,54,61)(H,55,67)(H,56,64)(H,57,63)(H,58,65)(H,69,70)(H4,49,50,51)/b28-13-/t24-,25?,26-,27+,29-,30?,33+,34?/m0/s1. The van der Waals surface area contributed by atoms with E-state index in [-0.39, 0.29) is 70.7 Å². The van der Waals surface area contributed by atoms with Crippen LogP contribution in [0.5, 0.6) is 0 Å². The highest BCUT2D eigenvalue weighted by molar-refractivity contribution is 7.10. The molecule has 28 heteroatoms. The Bertz CT molecular complexity index is 1980. The number of nitrogens with two attached hydrogens (primary N) is 6. The molecule has 0 saturated carbocycles. The van der Waals surface area contributed by atoms with Gasteiger partial charge in [0.1, 0.15) is 41.9 Å². The molecular formula is C43H74N16O11S. The Hall–Kier alpha value is -6.30. The molecule has 3 unspecified atom stereocenters. The Morgan fingerprint density at radius 3 is 2.08 bits per heavy atom. The van der Waals surface area contributed by atoms with Gasteiger partial charge in [-0.05, 0) is 102 Å². The number of aliphatic hydroxyl groups excluding tert-OH is 1. The lowest BCUT2D eigenvalue weighted by atomic mass is 10.1. The van der Waals surface area contributed by atoms with E-state index < -0.39 is 120 Å². The highest BCUT2D eigenvalue weighted by Gasteiger charge is 2.40. The smallest absolute Gasteiger partial charge is 0.352 e. The summed E-state index contributed by atoms with van der Waals surface area (Å²) in [4.78, 5) is 121. The molecule has 23 N–H and O–H groups in total. The Labute approximate surface area is 416 Å². The number of carbonyl (C=O) groups is 9. The number of carboxylic acid groups (broad SMARTS) is 1. The Kier molecular flexibility index (Phi) is 27.9. The van der Waals surface area contributed by atoms with Crippen LogP contribution in [0.2, 0.25) is 0 Å². The number of rotatable bonds is 33.